The molecule has 0 radical (unpaired) electrons. The van der Waals surface area contributed by atoms with Crippen LogP contribution in [0, 0.1) is 5.41 Å². The monoisotopic (exact) mass is 270 g/mol. The molecule has 0 bridgehead atoms. The van der Waals surface area contributed by atoms with Gasteiger partial charge in [0.2, 0.25) is 5.91 Å². The zero-order chi connectivity index (χ0) is 14.8. The van der Waals surface area contributed by atoms with Crippen molar-refractivity contribution in [3.05, 3.63) is 36.2 Å². The van der Waals surface area contributed by atoms with E-state index in [0.717, 1.165) is 11.0 Å². The first-order valence-corrected chi connectivity index (χ1v) is 6.45. The summed E-state index contributed by atoms with van der Waals surface area (Å²) in [6, 6.07) is 7.63. The number of hydrogen-bond acceptors (Lipinski definition) is 4. The van der Waals surface area contributed by atoms with Gasteiger partial charge in [-0.2, -0.15) is 5.10 Å². The van der Waals surface area contributed by atoms with Gasteiger partial charge < -0.3 is 0 Å². The number of carbonyl (C=O) groups excluding carboxylic acids is 1. The maximum atomic E-state index is 11.8. The van der Waals surface area contributed by atoms with Gasteiger partial charge in [-0.25, -0.2) is 10.4 Å². The molecule has 0 fully saturated rings. The Morgan fingerprint density at radius 1 is 1.20 bits per heavy atom. The molecule has 1 aromatic heterocycles. The Labute approximate surface area is 118 Å². The average Bonchev–Trinajstić information content (AvgIpc) is 2.42. The molecular weight excluding hydrogens is 252 g/mol. The van der Waals surface area contributed by atoms with Gasteiger partial charge in [-0.15, -0.1) is 0 Å². The molecule has 0 spiro atoms. The standard InChI is InChI=1S/C15H18N4O/c1-10(18-19-14(20)15(2,3)4)13-9-16-11-7-5-6-8-12(11)17-13/h5-9H,1-4H3,(H,19,20)/b18-10-. The van der Waals surface area contributed by atoms with E-state index in [1.807, 2.05) is 45.0 Å². The quantitative estimate of drug-likeness (QED) is 0.673. The highest BCUT2D eigenvalue weighted by Gasteiger charge is 2.20. The molecule has 0 unspecified atom stereocenters. The van der Waals surface area contributed by atoms with Crippen molar-refractivity contribution in [3.8, 4) is 0 Å². The van der Waals surface area contributed by atoms with E-state index in [0.29, 0.717) is 11.4 Å². The lowest BCUT2D eigenvalue weighted by molar-refractivity contribution is -0.128. The minimum absolute atomic E-state index is 0.134. The number of nitrogens with zero attached hydrogens (tertiary/aromatic N) is 3. The largest absolute Gasteiger partial charge is 0.273 e. The van der Waals surface area contributed by atoms with Gasteiger partial charge >= 0.3 is 0 Å². The second-order valence-electron chi connectivity index (χ2n) is 5.63. The van der Waals surface area contributed by atoms with Gasteiger partial charge in [0.05, 0.1) is 22.9 Å². The van der Waals surface area contributed by atoms with Crippen molar-refractivity contribution in [1.82, 2.24) is 15.4 Å². The van der Waals surface area contributed by atoms with Gasteiger partial charge in [0.25, 0.3) is 0 Å². The highest BCUT2D eigenvalue weighted by Crippen LogP contribution is 2.12. The lowest BCUT2D eigenvalue weighted by Gasteiger charge is -2.15. The number of fused-ring (bicyclic) bond motifs is 1. The van der Waals surface area contributed by atoms with E-state index in [-0.39, 0.29) is 5.91 Å². The van der Waals surface area contributed by atoms with E-state index in [9.17, 15) is 4.79 Å². The Kier molecular flexibility index (Phi) is 3.79. The van der Waals surface area contributed by atoms with Gasteiger partial charge in [-0.3, -0.25) is 9.78 Å². The molecule has 2 rings (SSSR count). The molecule has 0 aliphatic heterocycles. The third-order valence-corrected chi connectivity index (χ3v) is 2.83. The second kappa shape index (κ2) is 5.36. The van der Waals surface area contributed by atoms with Crippen LogP contribution in [0.15, 0.2) is 35.6 Å². The normalized spacial score (nSPS) is 12.5. The number of hydrazone groups is 1. The lowest BCUT2D eigenvalue weighted by atomic mass is 9.96. The number of carbonyl (C=O) groups is 1. The van der Waals surface area contributed by atoms with E-state index >= 15 is 0 Å². The topological polar surface area (TPSA) is 67.2 Å². The summed E-state index contributed by atoms with van der Waals surface area (Å²) in [4.78, 5) is 20.6. The van der Waals surface area contributed by atoms with Crippen molar-refractivity contribution in [2.75, 3.05) is 0 Å². The zero-order valence-electron chi connectivity index (χ0n) is 12.1. The van der Waals surface area contributed by atoms with Crippen LogP contribution in [0.3, 0.4) is 0 Å². The van der Waals surface area contributed by atoms with E-state index in [1.54, 1.807) is 13.1 Å². The minimum atomic E-state index is -0.473. The van der Waals surface area contributed by atoms with Crippen molar-refractivity contribution in [2.24, 2.45) is 10.5 Å². The molecule has 1 amide bonds. The molecule has 1 N–H and O–H groups in total. The Hall–Kier alpha value is -2.30. The van der Waals surface area contributed by atoms with Crippen LogP contribution in [-0.4, -0.2) is 21.6 Å². The maximum Gasteiger partial charge on any atom is 0.245 e. The predicted octanol–water partition coefficient (Wildman–Crippen LogP) is 2.52. The number of amides is 1. The maximum absolute atomic E-state index is 11.8. The van der Waals surface area contributed by atoms with Crippen molar-refractivity contribution in [2.45, 2.75) is 27.7 Å². The molecule has 0 aliphatic carbocycles. The fourth-order valence-corrected chi connectivity index (χ4v) is 1.49. The molecule has 1 heterocycles. The third-order valence-electron chi connectivity index (χ3n) is 2.83. The molecule has 104 valence electrons. The van der Waals surface area contributed by atoms with Gasteiger partial charge in [0, 0.05) is 5.41 Å². The smallest absolute Gasteiger partial charge is 0.245 e. The first-order valence-electron chi connectivity index (χ1n) is 6.45. The van der Waals surface area contributed by atoms with Crippen LogP contribution in [-0.2, 0) is 4.79 Å². The first kappa shape index (κ1) is 14.1. The molecule has 2 aromatic rings. The summed E-state index contributed by atoms with van der Waals surface area (Å²) >= 11 is 0. The lowest BCUT2D eigenvalue weighted by Crippen LogP contribution is -2.32. The Morgan fingerprint density at radius 2 is 1.85 bits per heavy atom. The molecular formula is C15H18N4O. The molecule has 0 saturated heterocycles. The Morgan fingerprint density at radius 3 is 2.50 bits per heavy atom. The van der Waals surface area contributed by atoms with E-state index in [1.165, 1.54) is 0 Å². The predicted molar refractivity (Wildman–Crippen MR) is 79.3 cm³/mol. The van der Waals surface area contributed by atoms with Crippen LogP contribution >= 0.6 is 0 Å². The first-order chi connectivity index (χ1) is 9.38. The zero-order valence-corrected chi connectivity index (χ0v) is 12.1. The van der Waals surface area contributed by atoms with Crippen molar-refractivity contribution >= 4 is 22.7 Å². The van der Waals surface area contributed by atoms with Crippen LogP contribution in [0.4, 0.5) is 0 Å². The van der Waals surface area contributed by atoms with Crippen LogP contribution in [0.25, 0.3) is 11.0 Å². The summed E-state index contributed by atoms with van der Waals surface area (Å²) in [5.74, 6) is -0.134. The number of benzene rings is 1. The molecule has 20 heavy (non-hydrogen) atoms. The van der Waals surface area contributed by atoms with Crippen LogP contribution in [0.5, 0.6) is 0 Å². The van der Waals surface area contributed by atoms with Crippen LogP contribution in [0.2, 0.25) is 0 Å². The molecule has 5 nitrogen and oxygen atoms in total. The van der Waals surface area contributed by atoms with E-state index in [2.05, 4.69) is 20.5 Å². The van der Waals surface area contributed by atoms with Gasteiger partial charge in [0.1, 0.15) is 5.69 Å². The Bertz CT molecular complexity index is 671. The van der Waals surface area contributed by atoms with Crippen LogP contribution < -0.4 is 5.43 Å². The highest BCUT2D eigenvalue weighted by molar-refractivity contribution is 5.98. The molecule has 5 heteroatoms. The van der Waals surface area contributed by atoms with Crippen molar-refractivity contribution < 1.29 is 4.79 Å². The summed E-state index contributed by atoms with van der Waals surface area (Å²) in [5.41, 5.74) is 5.00. The summed E-state index contributed by atoms with van der Waals surface area (Å²) in [7, 11) is 0. The molecule has 0 saturated carbocycles. The minimum Gasteiger partial charge on any atom is -0.273 e. The molecule has 0 atom stereocenters. The average molecular weight is 270 g/mol. The number of rotatable bonds is 2. The number of para-hydroxylation sites is 2. The number of aromatic nitrogens is 2. The van der Waals surface area contributed by atoms with Crippen molar-refractivity contribution in [3.63, 3.8) is 0 Å². The summed E-state index contributed by atoms with van der Waals surface area (Å²) < 4.78 is 0. The molecule has 1 aromatic carbocycles. The molecule has 0 aliphatic rings. The number of nitrogens with one attached hydrogen (secondary N) is 1. The Balaban J connectivity index is 2.22. The summed E-state index contributed by atoms with van der Waals surface area (Å²) in [6.45, 7) is 7.30. The van der Waals surface area contributed by atoms with E-state index < -0.39 is 5.41 Å². The van der Waals surface area contributed by atoms with E-state index in [4.69, 9.17) is 0 Å². The highest BCUT2D eigenvalue weighted by atomic mass is 16.2. The SMILES string of the molecule is C/C(=N/NC(=O)C(C)(C)C)c1cnc2ccccc2n1. The number of hydrogen-bond donors (Lipinski definition) is 1. The fourth-order valence-electron chi connectivity index (χ4n) is 1.49. The van der Waals surface area contributed by atoms with Gasteiger partial charge in [-0.05, 0) is 19.1 Å². The summed E-state index contributed by atoms with van der Waals surface area (Å²) in [6.07, 6.45) is 1.66. The van der Waals surface area contributed by atoms with Gasteiger partial charge in [0.15, 0.2) is 0 Å². The van der Waals surface area contributed by atoms with Crippen LogP contribution in [0.1, 0.15) is 33.4 Å². The summed E-state index contributed by atoms with van der Waals surface area (Å²) in [5, 5.41) is 4.08. The fraction of sp³-hybridized carbons (Fsp3) is 0.333. The van der Waals surface area contributed by atoms with Gasteiger partial charge in [-0.1, -0.05) is 32.9 Å². The second-order valence-corrected chi connectivity index (χ2v) is 5.63. The van der Waals surface area contributed by atoms with Crippen molar-refractivity contribution in [1.29, 1.82) is 0 Å². The third kappa shape index (κ3) is 3.17.